The number of hydrogen-bond acceptors (Lipinski definition) is 5. The summed E-state index contributed by atoms with van der Waals surface area (Å²) in [6, 6.07) is 12.3. The molecule has 1 aromatic carbocycles. The summed E-state index contributed by atoms with van der Waals surface area (Å²) in [5, 5.41) is 6.30. The number of aromatic nitrogens is 2. The summed E-state index contributed by atoms with van der Waals surface area (Å²) in [5.74, 6) is 1.38. The van der Waals surface area contributed by atoms with Gasteiger partial charge < -0.3 is 15.5 Å². The van der Waals surface area contributed by atoms with E-state index in [1.807, 2.05) is 18.3 Å². The highest BCUT2D eigenvalue weighted by molar-refractivity contribution is 6.05. The molecule has 2 aliphatic rings. The Kier molecular flexibility index (Phi) is 5.28. The molecule has 0 bridgehead atoms. The molecular weight excluding hydrogens is 386 g/mol. The van der Waals surface area contributed by atoms with Crippen LogP contribution in [0.3, 0.4) is 0 Å². The number of piperidine rings is 1. The Morgan fingerprint density at radius 2 is 1.84 bits per heavy atom. The zero-order chi connectivity index (χ0) is 21.2. The lowest BCUT2D eigenvalue weighted by atomic mass is 9.94. The number of hydrogen-bond donors (Lipinski definition) is 2. The minimum Gasteiger partial charge on any atom is -0.372 e. The quantitative estimate of drug-likeness (QED) is 0.631. The van der Waals surface area contributed by atoms with Crippen molar-refractivity contribution in [1.82, 2.24) is 15.3 Å². The summed E-state index contributed by atoms with van der Waals surface area (Å²) < 4.78 is 0. The van der Waals surface area contributed by atoms with Crippen LogP contribution in [0.2, 0.25) is 0 Å². The number of pyridine rings is 2. The van der Waals surface area contributed by atoms with Gasteiger partial charge in [-0.3, -0.25) is 9.78 Å². The maximum absolute atomic E-state index is 12.6. The Labute approximate surface area is 182 Å². The van der Waals surface area contributed by atoms with Crippen LogP contribution in [-0.4, -0.2) is 29.0 Å². The van der Waals surface area contributed by atoms with Gasteiger partial charge in [-0.1, -0.05) is 13.3 Å². The first-order valence-electron chi connectivity index (χ1n) is 11.1. The van der Waals surface area contributed by atoms with E-state index in [0.717, 1.165) is 41.4 Å². The van der Waals surface area contributed by atoms with Crippen LogP contribution in [-0.2, 0) is 6.54 Å². The molecule has 3 aromatic rings. The average Bonchev–Trinajstić information content (AvgIpc) is 3.22. The van der Waals surface area contributed by atoms with Crippen LogP contribution in [0, 0.1) is 5.92 Å². The van der Waals surface area contributed by atoms with Crippen molar-refractivity contribution in [3.63, 3.8) is 0 Å². The number of carbonyl (C=O) groups excluding carboxylic acids is 1. The molecule has 2 N–H and O–H groups in total. The second-order valence-corrected chi connectivity index (χ2v) is 8.30. The Bertz CT molecular complexity index is 1070. The summed E-state index contributed by atoms with van der Waals surface area (Å²) in [6.45, 7) is 5.04. The third-order valence-electron chi connectivity index (χ3n) is 6.52. The van der Waals surface area contributed by atoms with E-state index in [0.29, 0.717) is 17.9 Å². The van der Waals surface area contributed by atoms with Gasteiger partial charge in [0.15, 0.2) is 0 Å². The molecule has 158 valence electrons. The van der Waals surface area contributed by atoms with Gasteiger partial charge in [-0.25, -0.2) is 4.98 Å². The van der Waals surface area contributed by atoms with Crippen molar-refractivity contribution >= 4 is 23.1 Å². The SMILES string of the molecule is CCC1CCN(c2ccc(Nc3ncc(-c4ccncc4)c4c3C(=O)NC4)cc2)CC1. The second-order valence-electron chi connectivity index (χ2n) is 8.30. The van der Waals surface area contributed by atoms with Gasteiger partial charge >= 0.3 is 0 Å². The zero-order valence-corrected chi connectivity index (χ0v) is 17.8. The molecule has 0 saturated carbocycles. The average molecular weight is 414 g/mol. The molecule has 6 heteroatoms. The van der Waals surface area contributed by atoms with Gasteiger partial charge in [0, 0.05) is 55.2 Å². The van der Waals surface area contributed by atoms with E-state index in [1.165, 1.54) is 24.9 Å². The van der Waals surface area contributed by atoms with Gasteiger partial charge in [0.2, 0.25) is 0 Å². The predicted molar refractivity (Wildman–Crippen MR) is 124 cm³/mol. The lowest BCUT2D eigenvalue weighted by molar-refractivity contribution is 0.0966. The third kappa shape index (κ3) is 3.85. The number of carbonyl (C=O) groups is 1. The number of rotatable bonds is 5. The molecule has 6 nitrogen and oxygen atoms in total. The molecule has 5 rings (SSSR count). The predicted octanol–water partition coefficient (Wildman–Crippen LogP) is 4.76. The molecule has 0 unspecified atom stereocenters. The summed E-state index contributed by atoms with van der Waals surface area (Å²) in [7, 11) is 0. The van der Waals surface area contributed by atoms with Crippen LogP contribution >= 0.6 is 0 Å². The molecule has 0 aliphatic carbocycles. The maximum atomic E-state index is 12.6. The second kappa shape index (κ2) is 8.38. The Morgan fingerprint density at radius 1 is 1.10 bits per heavy atom. The molecule has 0 radical (unpaired) electrons. The van der Waals surface area contributed by atoms with Gasteiger partial charge in [0.25, 0.3) is 5.91 Å². The van der Waals surface area contributed by atoms with Gasteiger partial charge in [0.1, 0.15) is 5.82 Å². The van der Waals surface area contributed by atoms with E-state index in [-0.39, 0.29) is 5.91 Å². The fourth-order valence-corrected chi connectivity index (χ4v) is 4.60. The van der Waals surface area contributed by atoms with Crippen molar-refractivity contribution in [2.45, 2.75) is 32.7 Å². The van der Waals surface area contributed by atoms with E-state index in [2.05, 4.69) is 56.7 Å². The van der Waals surface area contributed by atoms with Crippen molar-refractivity contribution in [3.05, 3.63) is 66.1 Å². The number of nitrogens with zero attached hydrogens (tertiary/aromatic N) is 3. The molecule has 2 aliphatic heterocycles. The lowest BCUT2D eigenvalue weighted by Crippen LogP contribution is -2.33. The zero-order valence-electron chi connectivity index (χ0n) is 17.8. The van der Waals surface area contributed by atoms with Crippen molar-refractivity contribution in [2.24, 2.45) is 5.92 Å². The number of anilines is 3. The Morgan fingerprint density at radius 3 is 2.55 bits per heavy atom. The van der Waals surface area contributed by atoms with E-state index < -0.39 is 0 Å². The molecule has 0 atom stereocenters. The Hall–Kier alpha value is -3.41. The Balaban J connectivity index is 1.37. The van der Waals surface area contributed by atoms with Gasteiger partial charge in [-0.15, -0.1) is 0 Å². The topological polar surface area (TPSA) is 70.1 Å². The summed E-state index contributed by atoms with van der Waals surface area (Å²) in [5.41, 5.74) is 5.76. The molecule has 31 heavy (non-hydrogen) atoms. The van der Waals surface area contributed by atoms with Gasteiger partial charge in [-0.2, -0.15) is 0 Å². The molecule has 4 heterocycles. The minimum absolute atomic E-state index is 0.0867. The highest BCUT2D eigenvalue weighted by Crippen LogP contribution is 2.33. The van der Waals surface area contributed by atoms with Gasteiger partial charge in [-0.05, 0) is 66.3 Å². The fourth-order valence-electron chi connectivity index (χ4n) is 4.60. The van der Waals surface area contributed by atoms with Gasteiger partial charge in [0.05, 0.1) is 5.56 Å². The highest BCUT2D eigenvalue weighted by Gasteiger charge is 2.27. The van der Waals surface area contributed by atoms with Crippen LogP contribution in [0.1, 0.15) is 42.1 Å². The standard InChI is InChI=1S/C25H27N5O/c1-2-17-9-13-30(14-10-17)20-5-3-19(4-6-20)29-24-23-22(16-28-25(23)31)21(15-27-24)18-7-11-26-12-8-18/h3-8,11-12,15,17H,2,9-10,13-14,16H2,1H3,(H,27,29)(H,28,31). The maximum Gasteiger partial charge on any atom is 0.255 e. The van der Waals surface area contributed by atoms with E-state index in [9.17, 15) is 4.79 Å². The molecule has 1 fully saturated rings. The van der Waals surface area contributed by atoms with Crippen molar-refractivity contribution in [3.8, 4) is 11.1 Å². The fraction of sp³-hybridized carbons (Fsp3) is 0.320. The number of fused-ring (bicyclic) bond motifs is 1. The monoisotopic (exact) mass is 413 g/mol. The minimum atomic E-state index is -0.0867. The molecule has 2 aromatic heterocycles. The molecule has 1 amide bonds. The normalized spacial score (nSPS) is 16.2. The van der Waals surface area contributed by atoms with Crippen LogP contribution in [0.25, 0.3) is 11.1 Å². The first-order chi connectivity index (χ1) is 15.2. The molecule has 1 saturated heterocycles. The van der Waals surface area contributed by atoms with Crippen LogP contribution in [0.4, 0.5) is 17.2 Å². The van der Waals surface area contributed by atoms with E-state index in [1.54, 1.807) is 12.4 Å². The third-order valence-corrected chi connectivity index (χ3v) is 6.52. The smallest absolute Gasteiger partial charge is 0.255 e. The first-order valence-corrected chi connectivity index (χ1v) is 11.1. The van der Waals surface area contributed by atoms with E-state index >= 15 is 0 Å². The highest BCUT2D eigenvalue weighted by atomic mass is 16.1. The molecular formula is C25H27N5O. The van der Waals surface area contributed by atoms with Crippen molar-refractivity contribution in [1.29, 1.82) is 0 Å². The first kappa shape index (κ1) is 19.5. The largest absolute Gasteiger partial charge is 0.372 e. The summed E-state index contributed by atoms with van der Waals surface area (Å²) in [4.78, 5) is 23.7. The molecule has 0 spiro atoms. The van der Waals surface area contributed by atoms with Crippen molar-refractivity contribution in [2.75, 3.05) is 23.3 Å². The number of nitrogens with one attached hydrogen (secondary N) is 2. The number of amides is 1. The van der Waals surface area contributed by atoms with Crippen LogP contribution in [0.5, 0.6) is 0 Å². The van der Waals surface area contributed by atoms with Crippen molar-refractivity contribution < 1.29 is 4.79 Å². The van der Waals surface area contributed by atoms with Crippen LogP contribution < -0.4 is 15.5 Å². The lowest BCUT2D eigenvalue weighted by Gasteiger charge is -2.33. The van der Waals surface area contributed by atoms with E-state index in [4.69, 9.17) is 0 Å². The summed E-state index contributed by atoms with van der Waals surface area (Å²) in [6.07, 6.45) is 9.16. The number of benzene rings is 1. The summed E-state index contributed by atoms with van der Waals surface area (Å²) >= 11 is 0. The van der Waals surface area contributed by atoms with Crippen LogP contribution in [0.15, 0.2) is 55.0 Å².